The summed E-state index contributed by atoms with van der Waals surface area (Å²) in [6.07, 6.45) is 2.91. The molecule has 6 rings (SSSR count). The predicted molar refractivity (Wildman–Crippen MR) is 162 cm³/mol. The van der Waals surface area contributed by atoms with Crippen LogP contribution >= 0.6 is 0 Å². The van der Waals surface area contributed by atoms with Crippen molar-refractivity contribution in [3.8, 4) is 5.88 Å². The standard InChI is InChI=1S/C32H30N6O4/c1-20-28(19-42-36-20)32(41)34-24-5-3-4-21(16-24)30(39)22-6-11-26-27(31(40)35-29(26)17-22)18-33-23-7-9-25(10-8-23)38-14-12-37(2)13-15-38/h3-11,16-19,35,40H,12-15H2,1-2H3,(H,34,41). The second-order valence-electron chi connectivity index (χ2n) is 10.4. The molecule has 2 aromatic heterocycles. The molecule has 0 unspecified atom stereocenters. The van der Waals surface area contributed by atoms with Gasteiger partial charge in [0.05, 0.1) is 16.9 Å². The van der Waals surface area contributed by atoms with Gasteiger partial charge in [0, 0.05) is 65.8 Å². The lowest BCUT2D eigenvalue weighted by Gasteiger charge is -2.34. The smallest absolute Gasteiger partial charge is 0.260 e. The minimum Gasteiger partial charge on any atom is -0.494 e. The summed E-state index contributed by atoms with van der Waals surface area (Å²) in [6.45, 7) is 5.76. The van der Waals surface area contributed by atoms with Crippen LogP contribution < -0.4 is 10.2 Å². The second kappa shape index (κ2) is 11.3. The number of likely N-dealkylation sites (N-methyl/N-ethyl adjacent to an activating group) is 1. The molecule has 3 aromatic carbocycles. The summed E-state index contributed by atoms with van der Waals surface area (Å²) < 4.78 is 4.84. The summed E-state index contributed by atoms with van der Waals surface area (Å²) in [6, 6.07) is 20.0. The summed E-state index contributed by atoms with van der Waals surface area (Å²) in [5, 5.41) is 17.9. The number of rotatable bonds is 7. The molecule has 1 aliphatic heterocycles. The van der Waals surface area contributed by atoms with Crippen LogP contribution in [0.15, 0.2) is 82.5 Å². The van der Waals surface area contributed by atoms with Gasteiger partial charge in [-0.1, -0.05) is 29.4 Å². The number of benzene rings is 3. The highest BCUT2D eigenvalue weighted by Crippen LogP contribution is 2.29. The first-order valence-electron chi connectivity index (χ1n) is 13.6. The summed E-state index contributed by atoms with van der Waals surface area (Å²) >= 11 is 0. The van der Waals surface area contributed by atoms with Crippen LogP contribution in [0.2, 0.25) is 0 Å². The van der Waals surface area contributed by atoms with Gasteiger partial charge >= 0.3 is 0 Å². The predicted octanol–water partition coefficient (Wildman–Crippen LogP) is 5.16. The van der Waals surface area contributed by atoms with E-state index in [4.69, 9.17) is 4.52 Å². The molecule has 0 aliphatic carbocycles. The number of H-pyrrole nitrogens is 1. The van der Waals surface area contributed by atoms with Crippen molar-refractivity contribution in [2.75, 3.05) is 43.4 Å². The number of hydrogen-bond donors (Lipinski definition) is 3. The van der Waals surface area contributed by atoms with Crippen molar-refractivity contribution in [2.24, 2.45) is 4.99 Å². The van der Waals surface area contributed by atoms with Gasteiger partial charge in [-0.05, 0) is 56.4 Å². The first-order valence-corrected chi connectivity index (χ1v) is 13.6. The molecular formula is C32H30N6O4. The number of aromatic hydroxyl groups is 1. The lowest BCUT2D eigenvalue weighted by atomic mass is 10.0. The molecule has 1 amide bonds. The fourth-order valence-electron chi connectivity index (χ4n) is 5.04. The Morgan fingerprint density at radius 3 is 2.52 bits per heavy atom. The van der Waals surface area contributed by atoms with Crippen LogP contribution in [-0.4, -0.2) is 71.3 Å². The Morgan fingerprint density at radius 1 is 1.02 bits per heavy atom. The van der Waals surface area contributed by atoms with E-state index in [2.05, 4.69) is 49.4 Å². The van der Waals surface area contributed by atoms with Gasteiger partial charge in [0.2, 0.25) is 0 Å². The van der Waals surface area contributed by atoms with E-state index in [1.165, 1.54) is 12.0 Å². The summed E-state index contributed by atoms with van der Waals surface area (Å²) in [4.78, 5) is 38.1. The second-order valence-corrected chi connectivity index (χ2v) is 10.4. The van der Waals surface area contributed by atoms with Crippen LogP contribution in [-0.2, 0) is 0 Å². The average molecular weight is 563 g/mol. The Hall–Kier alpha value is -5.22. The molecule has 212 valence electrons. The summed E-state index contributed by atoms with van der Waals surface area (Å²) in [5.74, 6) is -0.623. The molecule has 3 N–H and O–H groups in total. The number of hydrogen-bond acceptors (Lipinski definition) is 8. The zero-order chi connectivity index (χ0) is 29.2. The van der Waals surface area contributed by atoms with Gasteiger partial charge in [0.25, 0.3) is 5.91 Å². The zero-order valence-corrected chi connectivity index (χ0v) is 23.3. The van der Waals surface area contributed by atoms with Crippen LogP contribution in [0, 0.1) is 6.92 Å². The highest BCUT2D eigenvalue weighted by atomic mass is 16.5. The van der Waals surface area contributed by atoms with E-state index in [-0.39, 0.29) is 17.6 Å². The molecule has 1 saturated heterocycles. The molecule has 0 radical (unpaired) electrons. The van der Waals surface area contributed by atoms with Crippen molar-refractivity contribution in [3.63, 3.8) is 0 Å². The highest BCUT2D eigenvalue weighted by molar-refractivity contribution is 6.13. The lowest BCUT2D eigenvalue weighted by Crippen LogP contribution is -2.44. The van der Waals surface area contributed by atoms with Crippen LogP contribution in [0.4, 0.5) is 17.1 Å². The summed E-state index contributed by atoms with van der Waals surface area (Å²) in [7, 11) is 2.14. The zero-order valence-electron chi connectivity index (χ0n) is 23.3. The molecule has 10 heteroatoms. The van der Waals surface area contributed by atoms with E-state index in [1.807, 2.05) is 12.1 Å². The van der Waals surface area contributed by atoms with E-state index < -0.39 is 0 Å². The number of nitrogens with one attached hydrogen (secondary N) is 2. The van der Waals surface area contributed by atoms with Crippen LogP contribution in [0.5, 0.6) is 5.88 Å². The monoisotopic (exact) mass is 562 g/mol. The first-order chi connectivity index (χ1) is 20.4. The molecule has 0 atom stereocenters. The third kappa shape index (κ3) is 5.52. The molecule has 42 heavy (non-hydrogen) atoms. The maximum atomic E-state index is 13.3. The number of carbonyl (C=O) groups is 2. The van der Waals surface area contributed by atoms with Crippen molar-refractivity contribution in [1.82, 2.24) is 15.0 Å². The maximum absolute atomic E-state index is 13.3. The lowest BCUT2D eigenvalue weighted by molar-refractivity contribution is 0.102. The van der Waals surface area contributed by atoms with Gasteiger partial charge in [-0.2, -0.15) is 0 Å². The number of aromatic nitrogens is 2. The Balaban J connectivity index is 1.17. The van der Waals surface area contributed by atoms with Crippen LogP contribution in [0.3, 0.4) is 0 Å². The number of aromatic amines is 1. The first kappa shape index (κ1) is 27.0. The molecule has 5 aromatic rings. The van der Waals surface area contributed by atoms with Gasteiger partial charge in [-0.25, -0.2) is 0 Å². The van der Waals surface area contributed by atoms with E-state index in [0.717, 1.165) is 37.3 Å². The molecule has 0 saturated carbocycles. The van der Waals surface area contributed by atoms with Gasteiger partial charge in [-0.15, -0.1) is 0 Å². The van der Waals surface area contributed by atoms with Gasteiger partial charge in [0.15, 0.2) is 11.7 Å². The number of amides is 1. The number of nitrogens with zero attached hydrogens (tertiary/aromatic N) is 4. The topological polar surface area (TPSA) is 127 Å². The quantitative estimate of drug-likeness (QED) is 0.185. The largest absolute Gasteiger partial charge is 0.494 e. The normalized spacial score (nSPS) is 14.1. The van der Waals surface area contributed by atoms with Crippen molar-refractivity contribution >= 4 is 45.9 Å². The van der Waals surface area contributed by atoms with Crippen molar-refractivity contribution in [3.05, 3.63) is 101 Å². The van der Waals surface area contributed by atoms with Crippen LogP contribution in [0.25, 0.3) is 10.9 Å². The molecule has 3 heterocycles. The fraction of sp³-hybridized carbons (Fsp3) is 0.188. The summed E-state index contributed by atoms with van der Waals surface area (Å²) in [5.41, 5.74) is 5.22. The van der Waals surface area contributed by atoms with Crippen molar-refractivity contribution < 1.29 is 19.2 Å². The van der Waals surface area contributed by atoms with Crippen LogP contribution in [0.1, 0.15) is 37.5 Å². The Kier molecular flexibility index (Phi) is 7.28. The van der Waals surface area contributed by atoms with E-state index in [0.29, 0.717) is 39.2 Å². The molecule has 1 aliphatic rings. The molecule has 10 nitrogen and oxygen atoms in total. The fourth-order valence-corrected chi connectivity index (χ4v) is 5.04. The number of aryl methyl sites for hydroxylation is 1. The molecule has 1 fully saturated rings. The molecule has 0 bridgehead atoms. The third-order valence-corrected chi connectivity index (χ3v) is 7.52. The maximum Gasteiger partial charge on any atom is 0.260 e. The Labute approximate surface area is 242 Å². The van der Waals surface area contributed by atoms with Gasteiger partial charge in [0.1, 0.15) is 11.8 Å². The van der Waals surface area contributed by atoms with Gasteiger partial charge in [-0.3, -0.25) is 14.6 Å². The minimum atomic E-state index is -0.373. The number of fused-ring (bicyclic) bond motifs is 1. The number of anilines is 2. The molecule has 0 spiro atoms. The van der Waals surface area contributed by atoms with E-state index >= 15 is 0 Å². The van der Waals surface area contributed by atoms with E-state index in [1.54, 1.807) is 55.6 Å². The highest BCUT2D eigenvalue weighted by Gasteiger charge is 2.17. The SMILES string of the molecule is Cc1nocc1C(=O)Nc1cccc(C(=O)c2ccc3c(C=Nc4ccc(N5CCN(C)CC5)cc4)c(O)[nH]c3c2)c1. The number of aliphatic imine (C=N–C) groups is 1. The van der Waals surface area contributed by atoms with E-state index in [9.17, 15) is 14.7 Å². The average Bonchev–Trinajstić information content (AvgIpc) is 3.57. The number of piperazine rings is 1. The molecular weight excluding hydrogens is 532 g/mol. The third-order valence-electron chi connectivity index (χ3n) is 7.52. The number of carbonyl (C=O) groups excluding carboxylic acids is 2. The van der Waals surface area contributed by atoms with Crippen molar-refractivity contribution in [2.45, 2.75) is 6.92 Å². The van der Waals surface area contributed by atoms with Crippen molar-refractivity contribution in [1.29, 1.82) is 0 Å². The Bertz CT molecular complexity index is 1800. The van der Waals surface area contributed by atoms with Gasteiger partial charge < -0.3 is 29.7 Å². The Morgan fingerprint density at radius 2 is 1.79 bits per heavy atom. The minimum absolute atomic E-state index is 0.0267. The number of ketones is 1.